The van der Waals surface area contributed by atoms with Gasteiger partial charge >= 0.3 is 5.97 Å². The molecule has 0 bridgehead atoms. The van der Waals surface area contributed by atoms with Crippen LogP contribution in [-0.4, -0.2) is 22.4 Å². The highest BCUT2D eigenvalue weighted by Gasteiger charge is 2.19. The van der Waals surface area contributed by atoms with Crippen LogP contribution in [0.3, 0.4) is 0 Å². The molecule has 0 aliphatic heterocycles. The van der Waals surface area contributed by atoms with Crippen LogP contribution in [0.5, 0.6) is 0 Å². The molecule has 0 fully saturated rings. The topological polar surface area (TPSA) is 44.1 Å². The van der Waals surface area contributed by atoms with Crippen LogP contribution in [0.4, 0.5) is 0 Å². The number of terminal acetylenes is 1. The summed E-state index contributed by atoms with van der Waals surface area (Å²) in [5.41, 5.74) is 0.668. The maximum atomic E-state index is 11.6. The van der Waals surface area contributed by atoms with Gasteiger partial charge in [-0.2, -0.15) is 5.10 Å². The maximum Gasteiger partial charge on any atom is 0.311 e. The minimum atomic E-state index is -0.251. The second kappa shape index (κ2) is 5.53. The third-order valence-electron chi connectivity index (χ3n) is 2.45. The Bertz CT molecular complexity index is 427. The molecule has 92 valence electrons. The molecular formula is C13H18N2O2. The van der Waals surface area contributed by atoms with Crippen LogP contribution in [-0.2, 0) is 23.0 Å². The van der Waals surface area contributed by atoms with E-state index >= 15 is 0 Å². The summed E-state index contributed by atoms with van der Waals surface area (Å²) in [5.74, 6) is 2.33. The molecule has 0 atom stereocenters. The number of aromatic nitrogens is 2. The van der Waals surface area contributed by atoms with Gasteiger partial charge in [0.25, 0.3) is 0 Å². The number of rotatable bonds is 5. The summed E-state index contributed by atoms with van der Waals surface area (Å²) in [5, 5.41) is 3.99. The standard InChI is InChI=1S/C13H18N2O2/c1-5-7-13(2,3)10-17-12(16)9-11-6-8-14-15(11)4/h1,6,8H,7,9-10H2,2-4H3. The van der Waals surface area contributed by atoms with Crippen LogP contribution in [0.2, 0.25) is 0 Å². The van der Waals surface area contributed by atoms with Gasteiger partial charge in [-0.25, -0.2) is 0 Å². The van der Waals surface area contributed by atoms with E-state index in [4.69, 9.17) is 11.2 Å². The maximum absolute atomic E-state index is 11.6. The zero-order valence-corrected chi connectivity index (χ0v) is 10.6. The van der Waals surface area contributed by atoms with Gasteiger partial charge in [-0.3, -0.25) is 9.48 Å². The Morgan fingerprint density at radius 2 is 2.35 bits per heavy atom. The number of ether oxygens (including phenoxy) is 1. The number of carbonyl (C=O) groups is 1. The van der Waals surface area contributed by atoms with Crippen molar-refractivity contribution in [1.82, 2.24) is 9.78 Å². The third kappa shape index (κ3) is 4.31. The first kappa shape index (κ1) is 13.3. The molecule has 4 nitrogen and oxygen atoms in total. The van der Waals surface area contributed by atoms with Gasteiger partial charge in [0, 0.05) is 30.8 Å². The van der Waals surface area contributed by atoms with Crippen molar-refractivity contribution < 1.29 is 9.53 Å². The lowest BCUT2D eigenvalue weighted by Crippen LogP contribution is -2.22. The van der Waals surface area contributed by atoms with Crippen molar-refractivity contribution in [2.24, 2.45) is 12.5 Å². The molecule has 4 heteroatoms. The summed E-state index contributed by atoms with van der Waals surface area (Å²) in [6.07, 6.45) is 7.73. The summed E-state index contributed by atoms with van der Waals surface area (Å²) in [6.45, 7) is 4.29. The number of esters is 1. The Hall–Kier alpha value is -1.76. The van der Waals surface area contributed by atoms with Gasteiger partial charge in [-0.15, -0.1) is 12.3 Å². The minimum Gasteiger partial charge on any atom is -0.465 e. The molecule has 0 unspecified atom stereocenters. The van der Waals surface area contributed by atoms with E-state index in [2.05, 4.69) is 11.0 Å². The van der Waals surface area contributed by atoms with Crippen molar-refractivity contribution in [2.45, 2.75) is 26.7 Å². The summed E-state index contributed by atoms with van der Waals surface area (Å²) >= 11 is 0. The van der Waals surface area contributed by atoms with E-state index in [9.17, 15) is 4.79 Å². The highest BCUT2D eigenvalue weighted by molar-refractivity contribution is 5.72. The highest BCUT2D eigenvalue weighted by atomic mass is 16.5. The molecule has 0 aromatic carbocycles. The molecule has 17 heavy (non-hydrogen) atoms. The van der Waals surface area contributed by atoms with Gasteiger partial charge in [0.05, 0.1) is 13.0 Å². The van der Waals surface area contributed by atoms with Crippen LogP contribution in [0.25, 0.3) is 0 Å². The molecule has 1 rings (SSSR count). The van der Waals surface area contributed by atoms with Crippen molar-refractivity contribution in [3.63, 3.8) is 0 Å². The fourth-order valence-electron chi connectivity index (χ4n) is 1.38. The molecule has 1 aromatic rings. The van der Waals surface area contributed by atoms with Gasteiger partial charge in [0.1, 0.15) is 0 Å². The monoisotopic (exact) mass is 234 g/mol. The first-order chi connectivity index (χ1) is 7.94. The fraction of sp³-hybridized carbons (Fsp3) is 0.538. The lowest BCUT2D eigenvalue weighted by molar-refractivity contribution is -0.145. The first-order valence-electron chi connectivity index (χ1n) is 5.50. The highest BCUT2D eigenvalue weighted by Crippen LogP contribution is 2.19. The van der Waals surface area contributed by atoms with E-state index in [0.29, 0.717) is 13.0 Å². The Labute approximate surface area is 102 Å². The Kier molecular flexibility index (Phi) is 4.33. The van der Waals surface area contributed by atoms with Crippen LogP contribution < -0.4 is 0 Å². The summed E-state index contributed by atoms with van der Waals surface area (Å²) in [4.78, 5) is 11.6. The van der Waals surface area contributed by atoms with Crippen molar-refractivity contribution in [3.8, 4) is 12.3 Å². The van der Waals surface area contributed by atoms with Gasteiger partial charge in [0.15, 0.2) is 0 Å². The Balaban J connectivity index is 2.41. The Morgan fingerprint density at radius 3 is 2.88 bits per heavy atom. The number of carbonyl (C=O) groups excluding carboxylic acids is 1. The molecule has 0 N–H and O–H groups in total. The summed E-state index contributed by atoms with van der Waals surface area (Å²) in [7, 11) is 1.80. The lowest BCUT2D eigenvalue weighted by Gasteiger charge is -2.21. The SMILES string of the molecule is C#CCC(C)(C)COC(=O)Cc1ccnn1C. The fourth-order valence-corrected chi connectivity index (χ4v) is 1.38. The third-order valence-corrected chi connectivity index (χ3v) is 2.45. The number of nitrogens with zero attached hydrogens (tertiary/aromatic N) is 2. The van der Waals surface area contributed by atoms with Crippen molar-refractivity contribution in [3.05, 3.63) is 18.0 Å². The van der Waals surface area contributed by atoms with Crippen LogP contribution in [0.1, 0.15) is 26.0 Å². The largest absolute Gasteiger partial charge is 0.465 e. The summed E-state index contributed by atoms with van der Waals surface area (Å²) in [6, 6.07) is 1.80. The number of aryl methyl sites for hydroxylation is 1. The number of hydrogen-bond donors (Lipinski definition) is 0. The zero-order chi connectivity index (χ0) is 12.9. The van der Waals surface area contributed by atoms with E-state index in [1.54, 1.807) is 24.0 Å². The smallest absolute Gasteiger partial charge is 0.311 e. The summed E-state index contributed by atoms with van der Waals surface area (Å²) < 4.78 is 6.87. The molecule has 0 spiro atoms. The van der Waals surface area contributed by atoms with Gasteiger partial charge in [0.2, 0.25) is 0 Å². The minimum absolute atomic E-state index is 0.170. The van der Waals surface area contributed by atoms with Crippen LogP contribution >= 0.6 is 0 Å². The normalized spacial score (nSPS) is 10.9. The van der Waals surface area contributed by atoms with E-state index < -0.39 is 0 Å². The molecule has 0 radical (unpaired) electrons. The molecule has 0 aliphatic carbocycles. The van der Waals surface area contributed by atoms with E-state index in [0.717, 1.165) is 5.69 Å². The zero-order valence-electron chi connectivity index (χ0n) is 10.6. The Morgan fingerprint density at radius 1 is 1.65 bits per heavy atom. The molecule has 1 aromatic heterocycles. The van der Waals surface area contributed by atoms with Crippen molar-refractivity contribution >= 4 is 5.97 Å². The van der Waals surface area contributed by atoms with E-state index in [-0.39, 0.29) is 17.8 Å². The van der Waals surface area contributed by atoms with Crippen LogP contribution in [0, 0.1) is 17.8 Å². The second-order valence-electron chi connectivity index (χ2n) is 4.83. The average molecular weight is 234 g/mol. The van der Waals surface area contributed by atoms with Crippen molar-refractivity contribution in [1.29, 1.82) is 0 Å². The molecule has 1 heterocycles. The number of hydrogen-bond acceptors (Lipinski definition) is 3. The van der Waals surface area contributed by atoms with E-state index in [1.807, 2.05) is 13.8 Å². The van der Waals surface area contributed by atoms with Gasteiger partial charge in [-0.05, 0) is 6.07 Å². The predicted molar refractivity (Wildman–Crippen MR) is 65.1 cm³/mol. The van der Waals surface area contributed by atoms with Gasteiger partial charge in [-0.1, -0.05) is 13.8 Å². The second-order valence-corrected chi connectivity index (χ2v) is 4.83. The molecule has 0 aliphatic rings. The molecule has 0 amide bonds. The predicted octanol–water partition coefficient (Wildman–Crippen LogP) is 1.56. The lowest BCUT2D eigenvalue weighted by atomic mass is 9.91. The first-order valence-corrected chi connectivity index (χ1v) is 5.50. The van der Waals surface area contributed by atoms with Crippen LogP contribution in [0.15, 0.2) is 12.3 Å². The molecular weight excluding hydrogens is 216 g/mol. The average Bonchev–Trinajstić information content (AvgIpc) is 2.62. The van der Waals surface area contributed by atoms with E-state index in [1.165, 1.54) is 0 Å². The molecule has 0 saturated carbocycles. The quantitative estimate of drug-likeness (QED) is 0.573. The molecule has 0 saturated heterocycles. The van der Waals surface area contributed by atoms with Gasteiger partial charge < -0.3 is 4.74 Å². The van der Waals surface area contributed by atoms with Crippen molar-refractivity contribution in [2.75, 3.05) is 6.61 Å².